The third kappa shape index (κ3) is 2.82. The molecule has 0 aromatic carbocycles. The molecule has 1 unspecified atom stereocenters. The lowest BCUT2D eigenvalue weighted by molar-refractivity contribution is -0.115. The van der Waals surface area contributed by atoms with Crippen molar-refractivity contribution in [2.24, 2.45) is 0 Å². The molecule has 4 heteroatoms. The molecule has 0 spiro atoms. The minimum atomic E-state index is -0.471. The van der Waals surface area contributed by atoms with Crippen LogP contribution in [-0.4, -0.2) is 28.4 Å². The third-order valence-electron chi connectivity index (χ3n) is 3.76. The lowest BCUT2D eigenvalue weighted by Gasteiger charge is -2.34. The molecule has 0 saturated heterocycles. The minimum Gasteiger partial charge on any atom is -0.390 e. The fourth-order valence-electron chi connectivity index (χ4n) is 2.87. The fourth-order valence-corrected chi connectivity index (χ4v) is 2.87. The molecule has 4 nitrogen and oxygen atoms in total. The van der Waals surface area contributed by atoms with Crippen molar-refractivity contribution in [3.05, 3.63) is 23.9 Å². The zero-order chi connectivity index (χ0) is 13.0. The molecule has 1 fully saturated rings. The summed E-state index contributed by atoms with van der Waals surface area (Å²) < 4.78 is 5.86. The maximum atomic E-state index is 10.5. The van der Waals surface area contributed by atoms with Crippen LogP contribution in [0.3, 0.4) is 0 Å². The molecule has 1 aromatic heterocycles. The van der Waals surface area contributed by atoms with Crippen molar-refractivity contribution < 1.29 is 9.84 Å². The third-order valence-corrected chi connectivity index (χ3v) is 3.76. The molecule has 1 aliphatic carbocycles. The van der Waals surface area contributed by atoms with Crippen LogP contribution in [0.15, 0.2) is 18.3 Å². The lowest BCUT2D eigenvalue weighted by Crippen LogP contribution is -2.43. The molecular formula is C14H22N2O2. The SMILES string of the molecule is CCOC1(C(O)Cc2ccnc(N)c2)CCCC1. The predicted molar refractivity (Wildman–Crippen MR) is 71.2 cm³/mol. The molecule has 1 heterocycles. The summed E-state index contributed by atoms with van der Waals surface area (Å²) in [4.78, 5) is 3.96. The Balaban J connectivity index is 2.07. The first-order chi connectivity index (χ1) is 8.66. The van der Waals surface area contributed by atoms with Crippen molar-refractivity contribution in [1.29, 1.82) is 0 Å². The van der Waals surface area contributed by atoms with Crippen LogP contribution >= 0.6 is 0 Å². The Hall–Kier alpha value is -1.13. The lowest BCUT2D eigenvalue weighted by atomic mass is 9.90. The fraction of sp³-hybridized carbons (Fsp3) is 0.643. The highest BCUT2D eigenvalue weighted by atomic mass is 16.5. The number of nitrogens with zero attached hydrogens (tertiary/aromatic N) is 1. The molecular weight excluding hydrogens is 228 g/mol. The van der Waals surface area contributed by atoms with Gasteiger partial charge >= 0.3 is 0 Å². The van der Waals surface area contributed by atoms with E-state index in [1.165, 1.54) is 0 Å². The molecule has 0 amide bonds. The Labute approximate surface area is 108 Å². The number of nitrogen functional groups attached to an aromatic ring is 1. The average Bonchev–Trinajstić information content (AvgIpc) is 2.79. The molecule has 1 saturated carbocycles. The van der Waals surface area contributed by atoms with Crippen LogP contribution in [0.5, 0.6) is 0 Å². The van der Waals surface area contributed by atoms with E-state index in [0.717, 1.165) is 31.2 Å². The number of aromatic nitrogens is 1. The summed E-state index contributed by atoms with van der Waals surface area (Å²) >= 11 is 0. The molecule has 18 heavy (non-hydrogen) atoms. The number of hydrogen-bond donors (Lipinski definition) is 2. The van der Waals surface area contributed by atoms with Crippen molar-refractivity contribution in [1.82, 2.24) is 4.98 Å². The topological polar surface area (TPSA) is 68.4 Å². The van der Waals surface area contributed by atoms with Gasteiger partial charge in [-0.3, -0.25) is 0 Å². The van der Waals surface area contributed by atoms with Gasteiger partial charge in [0.2, 0.25) is 0 Å². The summed E-state index contributed by atoms with van der Waals surface area (Å²) in [6, 6.07) is 3.71. The highest BCUT2D eigenvalue weighted by Crippen LogP contribution is 2.37. The summed E-state index contributed by atoms with van der Waals surface area (Å²) in [5.74, 6) is 0.497. The number of aliphatic hydroxyl groups excluding tert-OH is 1. The molecule has 1 aliphatic rings. The van der Waals surface area contributed by atoms with Gasteiger partial charge in [0.1, 0.15) is 5.82 Å². The van der Waals surface area contributed by atoms with Crippen molar-refractivity contribution >= 4 is 5.82 Å². The summed E-state index contributed by atoms with van der Waals surface area (Å²) in [6.45, 7) is 2.63. The molecule has 1 atom stereocenters. The van der Waals surface area contributed by atoms with Crippen LogP contribution in [0.2, 0.25) is 0 Å². The zero-order valence-electron chi connectivity index (χ0n) is 10.9. The highest BCUT2D eigenvalue weighted by molar-refractivity contribution is 5.32. The van der Waals surface area contributed by atoms with Crippen molar-refractivity contribution in [2.45, 2.75) is 50.7 Å². The molecule has 1 aromatic rings. The van der Waals surface area contributed by atoms with Crippen molar-refractivity contribution in [3.63, 3.8) is 0 Å². The molecule has 2 rings (SSSR count). The van der Waals surface area contributed by atoms with Gasteiger partial charge in [-0.15, -0.1) is 0 Å². The van der Waals surface area contributed by atoms with Gasteiger partial charge in [-0.2, -0.15) is 0 Å². The van der Waals surface area contributed by atoms with Gasteiger partial charge in [-0.1, -0.05) is 12.8 Å². The average molecular weight is 250 g/mol. The van der Waals surface area contributed by atoms with E-state index in [9.17, 15) is 5.11 Å². The molecule has 0 bridgehead atoms. The number of rotatable bonds is 5. The van der Waals surface area contributed by atoms with Crippen molar-refractivity contribution in [2.75, 3.05) is 12.3 Å². The standard InChI is InChI=1S/C14H22N2O2/c1-2-18-14(6-3-4-7-14)12(17)9-11-5-8-16-13(15)10-11/h5,8,10,12,17H,2-4,6-7,9H2,1H3,(H2,15,16). The van der Waals surface area contributed by atoms with Gasteiger partial charge in [-0.05, 0) is 37.5 Å². The maximum absolute atomic E-state index is 10.5. The van der Waals surface area contributed by atoms with Gasteiger partial charge in [-0.25, -0.2) is 4.98 Å². The number of hydrogen-bond acceptors (Lipinski definition) is 4. The maximum Gasteiger partial charge on any atom is 0.123 e. The largest absolute Gasteiger partial charge is 0.390 e. The van der Waals surface area contributed by atoms with Gasteiger partial charge in [0, 0.05) is 19.2 Å². The molecule has 0 radical (unpaired) electrons. The Morgan fingerprint density at radius 1 is 1.50 bits per heavy atom. The van der Waals surface area contributed by atoms with Crippen LogP contribution in [-0.2, 0) is 11.2 Å². The monoisotopic (exact) mass is 250 g/mol. The predicted octanol–water partition coefficient (Wildman–Crippen LogP) is 1.92. The van der Waals surface area contributed by atoms with Gasteiger partial charge in [0.05, 0.1) is 11.7 Å². The van der Waals surface area contributed by atoms with Crippen LogP contribution < -0.4 is 5.73 Å². The van der Waals surface area contributed by atoms with E-state index in [-0.39, 0.29) is 5.60 Å². The highest BCUT2D eigenvalue weighted by Gasteiger charge is 2.41. The van der Waals surface area contributed by atoms with Gasteiger partial charge < -0.3 is 15.6 Å². The van der Waals surface area contributed by atoms with E-state index >= 15 is 0 Å². The Bertz CT molecular complexity index is 389. The van der Waals surface area contributed by atoms with E-state index in [0.29, 0.717) is 18.8 Å². The second-order valence-electron chi connectivity index (χ2n) is 5.01. The number of nitrogens with two attached hydrogens (primary N) is 1. The van der Waals surface area contributed by atoms with E-state index in [4.69, 9.17) is 10.5 Å². The van der Waals surface area contributed by atoms with Gasteiger partial charge in [0.25, 0.3) is 0 Å². The summed E-state index contributed by atoms with van der Waals surface area (Å²) in [5.41, 5.74) is 6.32. The second-order valence-corrected chi connectivity index (χ2v) is 5.01. The summed E-state index contributed by atoms with van der Waals surface area (Å²) in [5, 5.41) is 10.5. The molecule has 3 N–H and O–H groups in total. The Morgan fingerprint density at radius 3 is 2.83 bits per heavy atom. The normalized spacial score (nSPS) is 19.9. The van der Waals surface area contributed by atoms with E-state index in [1.807, 2.05) is 19.1 Å². The van der Waals surface area contributed by atoms with E-state index < -0.39 is 6.10 Å². The van der Waals surface area contributed by atoms with Crippen LogP contribution in [0.25, 0.3) is 0 Å². The molecule has 100 valence electrons. The van der Waals surface area contributed by atoms with Crippen LogP contribution in [0, 0.1) is 0 Å². The minimum absolute atomic E-state index is 0.354. The number of ether oxygens (including phenoxy) is 1. The summed E-state index contributed by atoms with van der Waals surface area (Å²) in [6.07, 6.45) is 5.95. The second kappa shape index (κ2) is 5.67. The quantitative estimate of drug-likeness (QED) is 0.837. The van der Waals surface area contributed by atoms with Crippen LogP contribution in [0.4, 0.5) is 5.82 Å². The first-order valence-corrected chi connectivity index (χ1v) is 6.69. The molecule has 0 aliphatic heterocycles. The Morgan fingerprint density at radius 2 is 2.22 bits per heavy atom. The number of anilines is 1. The first-order valence-electron chi connectivity index (χ1n) is 6.69. The zero-order valence-corrected chi connectivity index (χ0v) is 10.9. The van der Waals surface area contributed by atoms with Crippen molar-refractivity contribution in [3.8, 4) is 0 Å². The summed E-state index contributed by atoms with van der Waals surface area (Å²) in [7, 11) is 0. The van der Waals surface area contributed by atoms with E-state index in [1.54, 1.807) is 6.20 Å². The smallest absolute Gasteiger partial charge is 0.123 e. The van der Waals surface area contributed by atoms with Gasteiger partial charge in [0.15, 0.2) is 0 Å². The number of aliphatic hydroxyl groups is 1. The Kier molecular flexibility index (Phi) is 4.19. The number of pyridine rings is 1. The first kappa shape index (κ1) is 13.3. The van der Waals surface area contributed by atoms with Crippen LogP contribution in [0.1, 0.15) is 38.2 Å². The van der Waals surface area contributed by atoms with E-state index in [2.05, 4.69) is 4.98 Å².